The highest BCUT2D eigenvalue weighted by Crippen LogP contribution is 2.37. The highest BCUT2D eigenvalue weighted by molar-refractivity contribution is 7.92. The molecule has 2 heterocycles. The monoisotopic (exact) mass is 433 g/mol. The Morgan fingerprint density at radius 2 is 2.10 bits per heavy atom. The first-order chi connectivity index (χ1) is 14.2. The van der Waals surface area contributed by atoms with Crippen LogP contribution in [0.1, 0.15) is 50.3 Å². The highest BCUT2D eigenvalue weighted by atomic mass is 32.2. The first kappa shape index (κ1) is 20.5. The number of aromatic amines is 1. The zero-order valence-corrected chi connectivity index (χ0v) is 18.1. The number of H-pyrrole nitrogens is 1. The molecule has 0 bridgehead atoms. The second-order valence-electron chi connectivity index (χ2n) is 8.24. The van der Waals surface area contributed by atoms with Gasteiger partial charge >= 0.3 is 6.09 Å². The Balaban J connectivity index is 1.37. The minimum Gasteiger partial charge on any atom is -0.446 e. The van der Waals surface area contributed by atoms with Gasteiger partial charge in [-0.25, -0.2) is 13.2 Å². The van der Waals surface area contributed by atoms with Crippen LogP contribution in [0, 0.1) is 0 Å². The second-order valence-corrected chi connectivity index (χ2v) is 10.2. The summed E-state index contributed by atoms with van der Waals surface area (Å²) in [6.07, 6.45) is 2.04. The lowest BCUT2D eigenvalue weighted by Crippen LogP contribution is -2.33. The number of aromatic nitrogens is 2. The van der Waals surface area contributed by atoms with Gasteiger partial charge in [0.15, 0.2) is 5.82 Å². The third kappa shape index (κ3) is 4.23. The maximum Gasteiger partial charge on any atom is 0.407 e. The number of hydrogen-bond donors (Lipinski definition) is 3. The van der Waals surface area contributed by atoms with Gasteiger partial charge in [0.05, 0.1) is 11.4 Å². The van der Waals surface area contributed by atoms with Gasteiger partial charge in [0.1, 0.15) is 6.10 Å². The van der Waals surface area contributed by atoms with Gasteiger partial charge in [-0.3, -0.25) is 9.40 Å². The predicted molar refractivity (Wildman–Crippen MR) is 114 cm³/mol. The molecule has 2 aromatic rings. The SMILES string of the molecule is CC(C)NC(=O)O[C@@H]1CC[C@H](c2cc(Nc3ccc4c(c3)CS(=O)(=O)N4C)n[nH]2)C1. The summed E-state index contributed by atoms with van der Waals surface area (Å²) in [5.74, 6) is 0.929. The van der Waals surface area contributed by atoms with Crippen LogP contribution in [0.25, 0.3) is 0 Å². The number of hydrogen-bond acceptors (Lipinski definition) is 6. The number of carbonyl (C=O) groups is 1. The van der Waals surface area contributed by atoms with E-state index in [1.165, 1.54) is 4.31 Å². The Morgan fingerprint density at radius 3 is 2.87 bits per heavy atom. The van der Waals surface area contributed by atoms with Crippen LogP contribution in [0.15, 0.2) is 24.3 Å². The van der Waals surface area contributed by atoms with E-state index in [0.717, 1.165) is 36.2 Å². The van der Waals surface area contributed by atoms with Gasteiger partial charge in [-0.1, -0.05) is 0 Å². The van der Waals surface area contributed by atoms with Crippen LogP contribution >= 0.6 is 0 Å². The van der Waals surface area contributed by atoms with Crippen LogP contribution in [0.3, 0.4) is 0 Å². The van der Waals surface area contributed by atoms with E-state index in [9.17, 15) is 13.2 Å². The maximum absolute atomic E-state index is 12.0. The summed E-state index contributed by atoms with van der Waals surface area (Å²) in [5.41, 5.74) is 3.27. The second kappa shape index (κ2) is 7.82. The first-order valence-electron chi connectivity index (χ1n) is 10.1. The molecule has 3 N–H and O–H groups in total. The maximum atomic E-state index is 12.0. The van der Waals surface area contributed by atoms with Crippen molar-refractivity contribution in [2.45, 2.75) is 56.9 Å². The van der Waals surface area contributed by atoms with E-state index in [1.807, 2.05) is 32.0 Å². The third-order valence-electron chi connectivity index (χ3n) is 5.55. The largest absolute Gasteiger partial charge is 0.446 e. The van der Waals surface area contributed by atoms with Crippen LogP contribution in [-0.2, 0) is 20.5 Å². The lowest BCUT2D eigenvalue weighted by atomic mass is 10.0. The van der Waals surface area contributed by atoms with Gasteiger partial charge in [0.25, 0.3) is 0 Å². The molecule has 10 heteroatoms. The molecule has 0 saturated heterocycles. The Hall–Kier alpha value is -2.75. The topological polar surface area (TPSA) is 116 Å². The van der Waals surface area contributed by atoms with Gasteiger partial charge in [-0.15, -0.1) is 0 Å². The average molecular weight is 434 g/mol. The van der Waals surface area contributed by atoms with Crippen LogP contribution < -0.4 is 14.9 Å². The van der Waals surface area contributed by atoms with Crippen molar-refractivity contribution >= 4 is 33.3 Å². The summed E-state index contributed by atoms with van der Waals surface area (Å²) in [6.45, 7) is 3.80. The number of amides is 1. The minimum absolute atomic E-state index is 0.00795. The molecule has 2 aliphatic rings. The van der Waals surface area contributed by atoms with E-state index in [0.29, 0.717) is 11.5 Å². The van der Waals surface area contributed by atoms with Gasteiger partial charge < -0.3 is 15.4 Å². The quantitative estimate of drug-likeness (QED) is 0.667. The smallest absolute Gasteiger partial charge is 0.407 e. The number of ether oxygens (including phenoxy) is 1. The molecule has 0 radical (unpaired) electrons. The number of fused-ring (bicyclic) bond motifs is 1. The zero-order chi connectivity index (χ0) is 21.5. The number of nitrogens with zero attached hydrogens (tertiary/aromatic N) is 2. The summed E-state index contributed by atoms with van der Waals surface area (Å²) >= 11 is 0. The number of nitrogens with one attached hydrogen (secondary N) is 3. The molecule has 1 aliphatic carbocycles. The Labute approximate surface area is 176 Å². The van der Waals surface area contributed by atoms with E-state index in [4.69, 9.17) is 4.74 Å². The van der Waals surface area contributed by atoms with Gasteiger partial charge in [0.2, 0.25) is 10.0 Å². The van der Waals surface area contributed by atoms with Gasteiger partial charge in [0, 0.05) is 36.5 Å². The van der Waals surface area contributed by atoms with E-state index >= 15 is 0 Å². The summed E-state index contributed by atoms with van der Waals surface area (Å²) < 4.78 is 30.9. The highest BCUT2D eigenvalue weighted by Gasteiger charge is 2.31. The molecule has 1 aromatic carbocycles. The van der Waals surface area contributed by atoms with Crippen molar-refractivity contribution < 1.29 is 17.9 Å². The fraction of sp³-hybridized carbons (Fsp3) is 0.500. The molecule has 2 atom stereocenters. The summed E-state index contributed by atoms with van der Waals surface area (Å²) in [5, 5.41) is 13.4. The summed E-state index contributed by atoms with van der Waals surface area (Å²) in [7, 11) is -1.69. The van der Waals surface area contributed by atoms with Crippen LogP contribution in [0.4, 0.5) is 22.0 Å². The summed E-state index contributed by atoms with van der Waals surface area (Å²) in [6, 6.07) is 7.50. The number of alkyl carbamates (subject to hydrolysis) is 1. The Morgan fingerprint density at radius 1 is 1.30 bits per heavy atom. The molecule has 4 rings (SSSR count). The van der Waals surface area contributed by atoms with E-state index in [1.54, 1.807) is 13.1 Å². The first-order valence-corrected chi connectivity index (χ1v) is 11.7. The molecule has 1 fully saturated rings. The van der Waals surface area contributed by atoms with Crippen LogP contribution in [0.2, 0.25) is 0 Å². The number of anilines is 3. The molecule has 0 unspecified atom stereocenters. The standard InChI is InChI=1S/C20H27N5O4S/c1-12(2)21-20(26)29-16-6-4-13(9-16)17-10-19(24-23-17)22-15-5-7-18-14(8-15)11-30(27,28)25(18)3/h5,7-8,10,12-13,16H,4,6,9,11H2,1-3H3,(H,21,26)(H2,22,23,24)/t13-,16+/m0/s1. The predicted octanol–water partition coefficient (Wildman–Crippen LogP) is 3.20. The minimum atomic E-state index is -3.26. The lowest BCUT2D eigenvalue weighted by Gasteiger charge is -2.14. The fourth-order valence-corrected chi connectivity index (χ4v) is 5.33. The molecule has 0 spiro atoms. The normalized spacial score (nSPS) is 22.2. The van der Waals surface area contributed by atoms with E-state index in [-0.39, 0.29) is 29.9 Å². The van der Waals surface area contributed by atoms with Crippen LogP contribution in [0.5, 0.6) is 0 Å². The van der Waals surface area contributed by atoms with Crippen molar-refractivity contribution in [3.63, 3.8) is 0 Å². The number of sulfonamides is 1. The average Bonchev–Trinajstić information content (AvgIpc) is 3.34. The Bertz CT molecular complexity index is 1050. The number of carbonyl (C=O) groups excluding carboxylic acids is 1. The van der Waals surface area contributed by atoms with Crippen molar-refractivity contribution in [3.8, 4) is 0 Å². The van der Waals surface area contributed by atoms with Gasteiger partial charge in [-0.2, -0.15) is 5.10 Å². The lowest BCUT2D eigenvalue weighted by molar-refractivity contribution is 0.0981. The number of rotatable bonds is 5. The molecular weight excluding hydrogens is 406 g/mol. The molecular formula is C20H27N5O4S. The van der Waals surface area contributed by atoms with Crippen molar-refractivity contribution in [1.29, 1.82) is 0 Å². The molecule has 1 saturated carbocycles. The fourth-order valence-electron chi connectivity index (χ4n) is 4.04. The molecule has 9 nitrogen and oxygen atoms in total. The van der Waals surface area contributed by atoms with Crippen LogP contribution in [-0.4, -0.2) is 43.9 Å². The van der Waals surface area contributed by atoms with Crippen molar-refractivity contribution in [1.82, 2.24) is 15.5 Å². The summed E-state index contributed by atoms with van der Waals surface area (Å²) in [4.78, 5) is 11.8. The molecule has 162 valence electrons. The van der Waals surface area contributed by atoms with Crippen molar-refractivity contribution in [2.24, 2.45) is 0 Å². The zero-order valence-electron chi connectivity index (χ0n) is 17.3. The van der Waals surface area contributed by atoms with E-state index < -0.39 is 10.0 Å². The molecule has 30 heavy (non-hydrogen) atoms. The van der Waals surface area contributed by atoms with Crippen molar-refractivity contribution in [2.75, 3.05) is 16.7 Å². The Kier molecular flexibility index (Phi) is 5.35. The van der Waals surface area contributed by atoms with Crippen molar-refractivity contribution in [3.05, 3.63) is 35.5 Å². The molecule has 1 aromatic heterocycles. The van der Waals surface area contributed by atoms with Gasteiger partial charge in [-0.05, 0) is 56.9 Å². The number of benzene rings is 1. The third-order valence-corrected chi connectivity index (χ3v) is 7.26. The molecule has 1 aliphatic heterocycles. The van der Waals surface area contributed by atoms with E-state index in [2.05, 4.69) is 20.8 Å². The molecule has 1 amide bonds.